The van der Waals surface area contributed by atoms with Crippen LogP contribution in [0.4, 0.5) is 0 Å². The Bertz CT molecular complexity index is 509. The van der Waals surface area contributed by atoms with E-state index in [9.17, 15) is 0 Å². The Balaban J connectivity index is 1.99. The molecule has 2 aromatic rings. The third-order valence-corrected chi connectivity index (χ3v) is 3.62. The zero-order valence-electron chi connectivity index (χ0n) is 10.3. The summed E-state index contributed by atoms with van der Waals surface area (Å²) in [4.78, 5) is 4.71. The number of imidazole rings is 1. The second kappa shape index (κ2) is 4.49. The van der Waals surface area contributed by atoms with E-state index < -0.39 is 0 Å². The van der Waals surface area contributed by atoms with Crippen LogP contribution in [0.1, 0.15) is 25.6 Å². The van der Waals surface area contributed by atoms with Crippen LogP contribution in [-0.4, -0.2) is 22.1 Å². The minimum atomic E-state index is 0.623. The van der Waals surface area contributed by atoms with Crippen molar-refractivity contribution < 1.29 is 0 Å². The van der Waals surface area contributed by atoms with Gasteiger partial charge in [-0.15, -0.1) is 0 Å². The Kier molecular flexibility index (Phi) is 2.85. The van der Waals surface area contributed by atoms with Crippen LogP contribution in [0.25, 0.3) is 11.0 Å². The molecular weight excluding hydrogens is 210 g/mol. The van der Waals surface area contributed by atoms with Gasteiger partial charge in [0, 0.05) is 19.0 Å². The Labute approximate surface area is 102 Å². The fraction of sp³-hybridized carbons (Fsp3) is 0.500. The van der Waals surface area contributed by atoms with E-state index >= 15 is 0 Å². The molecule has 1 atom stereocenters. The summed E-state index contributed by atoms with van der Waals surface area (Å²) in [6.45, 7) is 4.40. The molecule has 0 radical (unpaired) electrons. The smallest absolute Gasteiger partial charge is 0.109 e. The highest BCUT2D eigenvalue weighted by molar-refractivity contribution is 5.75. The average Bonchev–Trinajstić information content (AvgIpc) is 2.98. The minimum Gasteiger partial charge on any atom is -0.326 e. The summed E-state index contributed by atoms with van der Waals surface area (Å²) < 4.78 is 2.39. The van der Waals surface area contributed by atoms with E-state index in [0.29, 0.717) is 6.04 Å². The van der Waals surface area contributed by atoms with E-state index in [0.717, 1.165) is 18.5 Å². The number of rotatable bonds is 3. The van der Waals surface area contributed by atoms with Crippen molar-refractivity contribution in [2.24, 2.45) is 0 Å². The lowest BCUT2D eigenvalue weighted by atomic mass is 10.2. The molecule has 3 heteroatoms. The molecule has 0 spiro atoms. The quantitative estimate of drug-likeness (QED) is 0.875. The van der Waals surface area contributed by atoms with Crippen LogP contribution in [0.2, 0.25) is 0 Å². The Hall–Kier alpha value is -1.35. The summed E-state index contributed by atoms with van der Waals surface area (Å²) in [5.41, 5.74) is 2.40. The van der Waals surface area contributed by atoms with Crippen molar-refractivity contribution in [2.45, 2.75) is 38.8 Å². The standard InChI is InChI=1S/C14H19N3/c1-2-14-16-12-7-3-4-8-13(12)17(14)10-11-6-5-9-15-11/h3-4,7-8,11,15H,2,5-6,9-10H2,1H3/t11-/m1/s1. The second-order valence-electron chi connectivity index (χ2n) is 4.77. The molecule has 1 aromatic carbocycles. The predicted octanol–water partition coefficient (Wildman–Crippen LogP) is 2.35. The zero-order valence-corrected chi connectivity index (χ0v) is 10.3. The van der Waals surface area contributed by atoms with Gasteiger partial charge in [0.1, 0.15) is 5.82 Å². The molecule has 3 rings (SSSR count). The predicted molar refractivity (Wildman–Crippen MR) is 70.1 cm³/mol. The lowest BCUT2D eigenvalue weighted by Gasteiger charge is -2.14. The molecular formula is C14H19N3. The first-order valence-corrected chi connectivity index (χ1v) is 6.56. The lowest BCUT2D eigenvalue weighted by molar-refractivity contribution is 0.506. The molecule has 1 N–H and O–H groups in total. The third kappa shape index (κ3) is 1.95. The van der Waals surface area contributed by atoms with E-state index in [4.69, 9.17) is 4.98 Å². The number of benzene rings is 1. The average molecular weight is 229 g/mol. The van der Waals surface area contributed by atoms with Crippen LogP contribution >= 0.6 is 0 Å². The van der Waals surface area contributed by atoms with Crippen molar-refractivity contribution >= 4 is 11.0 Å². The van der Waals surface area contributed by atoms with Crippen LogP contribution in [-0.2, 0) is 13.0 Å². The number of nitrogens with one attached hydrogen (secondary N) is 1. The number of nitrogens with zero attached hydrogens (tertiary/aromatic N) is 2. The van der Waals surface area contributed by atoms with E-state index in [-0.39, 0.29) is 0 Å². The van der Waals surface area contributed by atoms with Crippen LogP contribution in [0.15, 0.2) is 24.3 Å². The fourth-order valence-electron chi connectivity index (χ4n) is 2.73. The molecule has 2 heterocycles. The van der Waals surface area contributed by atoms with E-state index in [2.05, 4.69) is 41.1 Å². The van der Waals surface area contributed by atoms with E-state index in [1.807, 2.05) is 0 Å². The highest BCUT2D eigenvalue weighted by Crippen LogP contribution is 2.18. The van der Waals surface area contributed by atoms with Crippen LogP contribution in [0, 0.1) is 0 Å². The minimum absolute atomic E-state index is 0.623. The van der Waals surface area contributed by atoms with Gasteiger partial charge in [-0.3, -0.25) is 0 Å². The highest BCUT2D eigenvalue weighted by atomic mass is 15.1. The van der Waals surface area contributed by atoms with E-state index in [1.165, 1.54) is 30.7 Å². The number of aromatic nitrogens is 2. The van der Waals surface area contributed by atoms with Gasteiger partial charge < -0.3 is 9.88 Å². The normalized spacial score (nSPS) is 20.2. The molecule has 1 saturated heterocycles. The van der Waals surface area contributed by atoms with Crippen molar-refractivity contribution in [1.82, 2.24) is 14.9 Å². The van der Waals surface area contributed by atoms with Gasteiger partial charge in [-0.05, 0) is 31.5 Å². The zero-order chi connectivity index (χ0) is 11.7. The second-order valence-corrected chi connectivity index (χ2v) is 4.77. The van der Waals surface area contributed by atoms with Gasteiger partial charge in [0.05, 0.1) is 11.0 Å². The summed E-state index contributed by atoms with van der Waals surface area (Å²) in [7, 11) is 0. The number of fused-ring (bicyclic) bond motifs is 1. The topological polar surface area (TPSA) is 29.9 Å². The molecule has 0 aliphatic carbocycles. The Morgan fingerprint density at radius 1 is 1.41 bits per heavy atom. The van der Waals surface area contributed by atoms with Gasteiger partial charge in [-0.25, -0.2) is 4.98 Å². The SMILES string of the molecule is CCc1nc2ccccc2n1C[C@H]1CCCN1. The van der Waals surface area contributed by atoms with Crippen LogP contribution in [0.3, 0.4) is 0 Å². The maximum atomic E-state index is 4.71. The van der Waals surface area contributed by atoms with Gasteiger partial charge in [-0.2, -0.15) is 0 Å². The van der Waals surface area contributed by atoms with Gasteiger partial charge >= 0.3 is 0 Å². The van der Waals surface area contributed by atoms with Crippen molar-refractivity contribution in [3.8, 4) is 0 Å². The number of hydrogen-bond donors (Lipinski definition) is 1. The molecule has 1 fully saturated rings. The molecule has 90 valence electrons. The van der Waals surface area contributed by atoms with Crippen molar-refractivity contribution in [3.63, 3.8) is 0 Å². The summed E-state index contributed by atoms with van der Waals surface area (Å²) >= 11 is 0. The van der Waals surface area contributed by atoms with Crippen molar-refractivity contribution in [1.29, 1.82) is 0 Å². The number of hydrogen-bond acceptors (Lipinski definition) is 2. The molecule has 3 nitrogen and oxygen atoms in total. The first-order valence-electron chi connectivity index (χ1n) is 6.56. The number of para-hydroxylation sites is 2. The van der Waals surface area contributed by atoms with Gasteiger partial charge in [-0.1, -0.05) is 19.1 Å². The number of aryl methyl sites for hydroxylation is 1. The first-order chi connectivity index (χ1) is 8.38. The molecule has 1 aromatic heterocycles. The Morgan fingerprint density at radius 3 is 3.06 bits per heavy atom. The van der Waals surface area contributed by atoms with Crippen molar-refractivity contribution in [2.75, 3.05) is 6.54 Å². The molecule has 1 aliphatic heterocycles. The third-order valence-electron chi connectivity index (χ3n) is 3.62. The summed E-state index contributed by atoms with van der Waals surface area (Å²) in [5.74, 6) is 1.21. The maximum Gasteiger partial charge on any atom is 0.109 e. The summed E-state index contributed by atoms with van der Waals surface area (Å²) in [6, 6.07) is 9.07. The highest BCUT2D eigenvalue weighted by Gasteiger charge is 2.17. The summed E-state index contributed by atoms with van der Waals surface area (Å²) in [5, 5.41) is 3.56. The largest absolute Gasteiger partial charge is 0.326 e. The molecule has 0 saturated carbocycles. The molecule has 0 amide bonds. The summed E-state index contributed by atoms with van der Waals surface area (Å²) in [6.07, 6.45) is 3.59. The van der Waals surface area contributed by atoms with Gasteiger partial charge in [0.15, 0.2) is 0 Å². The Morgan fingerprint density at radius 2 is 2.29 bits per heavy atom. The molecule has 0 unspecified atom stereocenters. The van der Waals surface area contributed by atoms with Crippen molar-refractivity contribution in [3.05, 3.63) is 30.1 Å². The molecule has 0 bridgehead atoms. The van der Waals surface area contributed by atoms with E-state index in [1.54, 1.807) is 0 Å². The van der Waals surface area contributed by atoms with Gasteiger partial charge in [0.2, 0.25) is 0 Å². The van der Waals surface area contributed by atoms with Crippen LogP contribution < -0.4 is 5.32 Å². The maximum absolute atomic E-state index is 4.71. The lowest BCUT2D eigenvalue weighted by Crippen LogP contribution is -2.27. The molecule has 17 heavy (non-hydrogen) atoms. The first kappa shape index (κ1) is 10.8. The fourth-order valence-corrected chi connectivity index (χ4v) is 2.73. The van der Waals surface area contributed by atoms with Crippen LogP contribution in [0.5, 0.6) is 0 Å². The van der Waals surface area contributed by atoms with Gasteiger partial charge in [0.25, 0.3) is 0 Å². The molecule has 1 aliphatic rings. The monoisotopic (exact) mass is 229 g/mol.